The van der Waals surface area contributed by atoms with E-state index in [0.717, 1.165) is 0 Å². The van der Waals surface area contributed by atoms with Gasteiger partial charge in [0.2, 0.25) is 0 Å². The van der Waals surface area contributed by atoms with Crippen molar-refractivity contribution in [2.24, 2.45) is 0 Å². The van der Waals surface area contributed by atoms with Crippen LogP contribution in [0.15, 0.2) is 42.5 Å². The minimum Gasteiger partial charge on any atom is -0.0622 e. The molecular formula is C26H31P. The quantitative estimate of drug-likeness (QED) is 0.500. The third kappa shape index (κ3) is 3.48. The van der Waals surface area contributed by atoms with Gasteiger partial charge in [-0.3, -0.25) is 0 Å². The number of hydrogen-bond donors (Lipinski definition) is 0. The van der Waals surface area contributed by atoms with E-state index in [1.54, 1.807) is 10.6 Å². The predicted molar refractivity (Wildman–Crippen MR) is 123 cm³/mol. The van der Waals surface area contributed by atoms with Crippen LogP contribution in [0.4, 0.5) is 0 Å². The van der Waals surface area contributed by atoms with E-state index in [4.69, 9.17) is 0 Å². The molecule has 0 radical (unpaired) electrons. The van der Waals surface area contributed by atoms with Crippen molar-refractivity contribution >= 4 is 23.8 Å². The number of benzene rings is 3. The highest BCUT2D eigenvalue weighted by Crippen LogP contribution is 2.40. The molecule has 0 bridgehead atoms. The lowest BCUT2D eigenvalue weighted by Crippen LogP contribution is -2.29. The number of aryl methyl sites for hydroxylation is 4. The van der Waals surface area contributed by atoms with Gasteiger partial charge in [-0.1, -0.05) is 42.5 Å². The SMILES string of the molecule is Cc1cc(C)c(C)c(P(c2ccccc2)c2c(C)c(C)cc(C)c2C)c1C. The van der Waals surface area contributed by atoms with E-state index >= 15 is 0 Å². The van der Waals surface area contributed by atoms with Gasteiger partial charge in [0, 0.05) is 0 Å². The minimum absolute atomic E-state index is 0.594. The summed E-state index contributed by atoms with van der Waals surface area (Å²) in [6.45, 7) is 18.3. The standard InChI is InChI=1S/C26H31P/c1-16-14-17(2)21(6)25(20(16)5)27(24-12-10-9-11-13-24)26-22(7)18(3)15-19(4)23(26)8/h9-15H,1-8H3. The van der Waals surface area contributed by atoms with E-state index in [1.165, 1.54) is 49.8 Å². The Kier molecular flexibility index (Phi) is 5.59. The van der Waals surface area contributed by atoms with Gasteiger partial charge in [-0.2, -0.15) is 0 Å². The Balaban J connectivity index is 2.46. The van der Waals surface area contributed by atoms with Crippen molar-refractivity contribution in [2.45, 2.75) is 55.4 Å². The zero-order chi connectivity index (χ0) is 19.9. The van der Waals surface area contributed by atoms with Gasteiger partial charge in [-0.25, -0.2) is 0 Å². The van der Waals surface area contributed by atoms with Gasteiger partial charge in [0.25, 0.3) is 0 Å². The molecule has 3 rings (SSSR count). The molecular weight excluding hydrogens is 343 g/mol. The van der Waals surface area contributed by atoms with Crippen LogP contribution in [-0.4, -0.2) is 0 Å². The molecule has 0 atom stereocenters. The molecule has 1 heteroatoms. The third-order valence-corrected chi connectivity index (χ3v) is 9.17. The molecule has 140 valence electrons. The summed E-state index contributed by atoms with van der Waals surface area (Å²) in [5.74, 6) is 0. The smallest absolute Gasteiger partial charge is 0.00872 e. The first-order chi connectivity index (χ1) is 12.7. The van der Waals surface area contributed by atoms with Crippen LogP contribution in [0.2, 0.25) is 0 Å². The first-order valence-corrected chi connectivity index (χ1v) is 11.1. The third-order valence-electron chi connectivity index (χ3n) is 6.11. The van der Waals surface area contributed by atoms with Crippen molar-refractivity contribution in [3.05, 3.63) is 87.0 Å². The summed E-state index contributed by atoms with van der Waals surface area (Å²) in [5, 5.41) is 4.54. The topological polar surface area (TPSA) is 0 Å². The summed E-state index contributed by atoms with van der Waals surface area (Å²) in [4.78, 5) is 0. The largest absolute Gasteiger partial charge is 0.0622 e. The van der Waals surface area contributed by atoms with Gasteiger partial charge in [0.1, 0.15) is 0 Å². The summed E-state index contributed by atoms with van der Waals surface area (Å²) < 4.78 is 0. The Morgan fingerprint density at radius 3 is 1.15 bits per heavy atom. The van der Waals surface area contributed by atoms with Crippen LogP contribution in [0.25, 0.3) is 0 Å². The lowest BCUT2D eigenvalue weighted by Gasteiger charge is -2.29. The lowest BCUT2D eigenvalue weighted by molar-refractivity contribution is 1.26. The molecule has 0 aromatic heterocycles. The fourth-order valence-electron chi connectivity index (χ4n) is 4.01. The van der Waals surface area contributed by atoms with Gasteiger partial charge in [-0.05, 0) is 124 Å². The van der Waals surface area contributed by atoms with Crippen molar-refractivity contribution in [3.63, 3.8) is 0 Å². The average Bonchev–Trinajstić information content (AvgIpc) is 2.64. The van der Waals surface area contributed by atoms with Gasteiger partial charge >= 0.3 is 0 Å². The Bertz CT molecular complexity index is 881. The van der Waals surface area contributed by atoms with Crippen LogP contribution in [0.5, 0.6) is 0 Å². The van der Waals surface area contributed by atoms with Crippen LogP contribution in [0.1, 0.15) is 44.5 Å². The van der Waals surface area contributed by atoms with Gasteiger partial charge < -0.3 is 0 Å². The molecule has 3 aromatic carbocycles. The van der Waals surface area contributed by atoms with E-state index in [2.05, 4.69) is 97.9 Å². The lowest BCUT2D eigenvalue weighted by atomic mass is 10.0. The summed E-state index contributed by atoms with van der Waals surface area (Å²) in [7, 11) is -0.594. The summed E-state index contributed by atoms with van der Waals surface area (Å²) in [6.07, 6.45) is 0. The normalized spacial score (nSPS) is 11.3. The van der Waals surface area contributed by atoms with Crippen LogP contribution in [0.3, 0.4) is 0 Å². The maximum Gasteiger partial charge on any atom is -0.00872 e. The molecule has 0 N–H and O–H groups in total. The fourth-order valence-corrected chi connectivity index (χ4v) is 7.27. The average molecular weight is 375 g/mol. The van der Waals surface area contributed by atoms with E-state index < -0.39 is 7.92 Å². The Morgan fingerprint density at radius 1 is 0.481 bits per heavy atom. The Labute approximate surface area is 166 Å². The summed E-state index contributed by atoms with van der Waals surface area (Å²) in [5.41, 5.74) is 11.4. The van der Waals surface area contributed by atoms with Crippen molar-refractivity contribution in [2.75, 3.05) is 0 Å². The molecule has 3 aromatic rings. The second-order valence-electron chi connectivity index (χ2n) is 7.89. The second-order valence-corrected chi connectivity index (χ2v) is 9.97. The number of hydrogen-bond acceptors (Lipinski definition) is 0. The molecule has 0 aliphatic carbocycles. The van der Waals surface area contributed by atoms with E-state index in [0.29, 0.717) is 0 Å². The maximum absolute atomic E-state index is 2.34. The predicted octanol–water partition coefficient (Wildman–Crippen LogP) is 5.91. The van der Waals surface area contributed by atoms with Crippen LogP contribution >= 0.6 is 7.92 Å². The molecule has 27 heavy (non-hydrogen) atoms. The molecule has 0 spiro atoms. The summed E-state index contributed by atoms with van der Waals surface area (Å²) in [6, 6.07) is 15.8. The van der Waals surface area contributed by atoms with Crippen molar-refractivity contribution in [1.29, 1.82) is 0 Å². The van der Waals surface area contributed by atoms with Crippen LogP contribution in [-0.2, 0) is 0 Å². The van der Waals surface area contributed by atoms with Crippen molar-refractivity contribution in [3.8, 4) is 0 Å². The highest BCUT2D eigenvalue weighted by Gasteiger charge is 2.26. The molecule has 0 saturated heterocycles. The fraction of sp³-hybridized carbons (Fsp3) is 0.308. The van der Waals surface area contributed by atoms with Gasteiger partial charge in [0.15, 0.2) is 0 Å². The van der Waals surface area contributed by atoms with Crippen LogP contribution in [0, 0.1) is 55.4 Å². The van der Waals surface area contributed by atoms with Gasteiger partial charge in [0.05, 0.1) is 0 Å². The molecule has 0 heterocycles. The first-order valence-electron chi connectivity index (χ1n) is 9.74. The molecule has 0 unspecified atom stereocenters. The molecule has 0 saturated carbocycles. The Hall–Kier alpha value is -1.91. The zero-order valence-corrected chi connectivity index (χ0v) is 18.9. The minimum atomic E-state index is -0.594. The van der Waals surface area contributed by atoms with Crippen molar-refractivity contribution < 1.29 is 0 Å². The van der Waals surface area contributed by atoms with Crippen LogP contribution < -0.4 is 15.9 Å². The highest BCUT2D eigenvalue weighted by molar-refractivity contribution is 7.80. The molecule has 0 amide bonds. The first kappa shape index (κ1) is 19.8. The van der Waals surface area contributed by atoms with E-state index in [1.807, 2.05) is 0 Å². The van der Waals surface area contributed by atoms with Crippen molar-refractivity contribution in [1.82, 2.24) is 0 Å². The summed E-state index contributed by atoms with van der Waals surface area (Å²) >= 11 is 0. The van der Waals surface area contributed by atoms with Gasteiger partial charge in [-0.15, -0.1) is 0 Å². The zero-order valence-electron chi connectivity index (χ0n) is 18.0. The molecule has 0 aliphatic heterocycles. The van der Waals surface area contributed by atoms with E-state index in [-0.39, 0.29) is 0 Å². The maximum atomic E-state index is 2.34. The highest BCUT2D eigenvalue weighted by atomic mass is 31.1. The Morgan fingerprint density at radius 2 is 0.815 bits per heavy atom. The molecule has 0 aliphatic rings. The monoisotopic (exact) mass is 374 g/mol. The molecule has 0 nitrogen and oxygen atoms in total. The van der Waals surface area contributed by atoms with E-state index in [9.17, 15) is 0 Å². The second kappa shape index (κ2) is 7.61. The molecule has 0 fully saturated rings. The number of rotatable bonds is 3.